The van der Waals surface area contributed by atoms with Crippen molar-refractivity contribution in [2.45, 2.75) is 13.5 Å². The van der Waals surface area contributed by atoms with Gasteiger partial charge in [0.2, 0.25) is 5.91 Å². The Bertz CT molecular complexity index is 777. The zero-order valence-corrected chi connectivity index (χ0v) is 13.6. The lowest BCUT2D eigenvalue weighted by molar-refractivity contribution is -0.136. The van der Waals surface area contributed by atoms with Gasteiger partial charge in [-0.15, -0.1) is 11.3 Å². The van der Waals surface area contributed by atoms with Crippen LogP contribution < -0.4 is 11.3 Å². The molecule has 7 nitrogen and oxygen atoms in total. The second-order valence-corrected chi connectivity index (χ2v) is 6.64. The van der Waals surface area contributed by atoms with E-state index in [0.29, 0.717) is 32.0 Å². The molecule has 3 rings (SSSR count). The van der Waals surface area contributed by atoms with Gasteiger partial charge < -0.3 is 15.4 Å². The highest BCUT2D eigenvalue weighted by atomic mass is 32.1. The smallest absolute Gasteiger partial charge is 0.290 e. The fourth-order valence-corrected chi connectivity index (χ4v) is 3.23. The predicted octanol–water partition coefficient (Wildman–Crippen LogP) is 0.721. The average Bonchev–Trinajstić information content (AvgIpc) is 2.99. The van der Waals surface area contributed by atoms with Crippen molar-refractivity contribution < 1.29 is 9.53 Å². The summed E-state index contributed by atoms with van der Waals surface area (Å²) in [5, 5.41) is 4.31. The molecule has 0 atom stereocenters. The predicted molar refractivity (Wildman–Crippen MR) is 88.4 cm³/mol. The third-order valence-electron chi connectivity index (χ3n) is 3.64. The van der Waals surface area contributed by atoms with Crippen molar-refractivity contribution in [1.82, 2.24) is 14.7 Å². The molecule has 2 N–H and O–H groups in total. The quantitative estimate of drug-likeness (QED) is 0.893. The highest BCUT2D eigenvalue weighted by Crippen LogP contribution is 2.26. The number of amides is 1. The van der Waals surface area contributed by atoms with Gasteiger partial charge in [0.1, 0.15) is 17.9 Å². The Balaban J connectivity index is 1.87. The molecule has 0 radical (unpaired) electrons. The highest BCUT2D eigenvalue weighted by Gasteiger charge is 2.19. The van der Waals surface area contributed by atoms with E-state index in [1.54, 1.807) is 22.3 Å². The fraction of sp³-hybridized carbons (Fsp3) is 0.400. The summed E-state index contributed by atoms with van der Waals surface area (Å²) in [5.74, 6) is -0.151. The van der Waals surface area contributed by atoms with Crippen LogP contribution in [0.15, 0.2) is 23.0 Å². The molecule has 0 spiro atoms. The molecule has 122 valence electrons. The summed E-state index contributed by atoms with van der Waals surface area (Å²) in [6.07, 6.45) is 0. The van der Waals surface area contributed by atoms with Gasteiger partial charge in [0.15, 0.2) is 0 Å². The summed E-state index contributed by atoms with van der Waals surface area (Å²) in [6.45, 7) is 3.99. The maximum atomic E-state index is 12.3. The van der Waals surface area contributed by atoms with E-state index in [2.05, 4.69) is 5.10 Å². The molecule has 1 aliphatic rings. The first-order valence-corrected chi connectivity index (χ1v) is 8.16. The molecule has 23 heavy (non-hydrogen) atoms. The van der Waals surface area contributed by atoms with E-state index in [0.717, 1.165) is 14.4 Å². The molecule has 2 aromatic heterocycles. The molecule has 3 heterocycles. The minimum absolute atomic E-state index is 0.0934. The van der Waals surface area contributed by atoms with Crippen molar-refractivity contribution in [1.29, 1.82) is 0 Å². The van der Waals surface area contributed by atoms with Gasteiger partial charge in [-0.3, -0.25) is 9.59 Å². The number of aryl methyl sites for hydroxylation is 1. The maximum absolute atomic E-state index is 12.3. The van der Waals surface area contributed by atoms with E-state index in [-0.39, 0.29) is 18.1 Å². The van der Waals surface area contributed by atoms with Gasteiger partial charge in [-0.05, 0) is 25.1 Å². The summed E-state index contributed by atoms with van der Waals surface area (Å²) < 4.78 is 6.38. The molecule has 0 aliphatic carbocycles. The van der Waals surface area contributed by atoms with Gasteiger partial charge >= 0.3 is 0 Å². The second kappa shape index (κ2) is 6.51. The molecule has 1 amide bonds. The molecule has 1 fully saturated rings. The Morgan fingerprint density at radius 3 is 2.78 bits per heavy atom. The number of rotatable bonds is 3. The highest BCUT2D eigenvalue weighted by molar-refractivity contribution is 7.15. The Hall–Kier alpha value is -2.19. The number of nitrogens with zero attached hydrogens (tertiary/aromatic N) is 3. The summed E-state index contributed by atoms with van der Waals surface area (Å²) in [6, 6.07) is 5.47. The number of aromatic nitrogens is 2. The number of nitrogen functional groups attached to an aromatic ring is 1. The first-order chi connectivity index (χ1) is 11.0. The summed E-state index contributed by atoms with van der Waals surface area (Å²) >= 11 is 1.57. The van der Waals surface area contributed by atoms with Crippen LogP contribution in [0.3, 0.4) is 0 Å². The first-order valence-electron chi connectivity index (χ1n) is 7.34. The number of hydrogen-bond donors (Lipinski definition) is 1. The normalized spacial score (nSPS) is 14.9. The molecular weight excluding hydrogens is 316 g/mol. The minimum Gasteiger partial charge on any atom is -0.394 e. The lowest BCUT2D eigenvalue weighted by atomic mass is 10.3. The molecule has 1 saturated heterocycles. The van der Waals surface area contributed by atoms with E-state index in [1.165, 1.54) is 0 Å². The number of nitrogens with two attached hydrogens (primary N) is 1. The Kier molecular flexibility index (Phi) is 4.44. The van der Waals surface area contributed by atoms with E-state index in [4.69, 9.17) is 10.5 Å². The van der Waals surface area contributed by atoms with Crippen LogP contribution in [0.4, 0.5) is 5.69 Å². The van der Waals surface area contributed by atoms with E-state index >= 15 is 0 Å². The summed E-state index contributed by atoms with van der Waals surface area (Å²) in [4.78, 5) is 28.2. The molecule has 0 unspecified atom stereocenters. The van der Waals surface area contributed by atoms with Gasteiger partial charge in [-0.2, -0.15) is 5.10 Å². The van der Waals surface area contributed by atoms with Gasteiger partial charge in [-0.25, -0.2) is 4.68 Å². The van der Waals surface area contributed by atoms with E-state index < -0.39 is 5.56 Å². The van der Waals surface area contributed by atoms with Crippen molar-refractivity contribution in [2.75, 3.05) is 32.0 Å². The molecule has 0 saturated carbocycles. The zero-order chi connectivity index (χ0) is 16.4. The standard InChI is InChI=1S/C15H18N4O3S/c1-10-2-3-13(23-10)12-8-11(16)15(21)19(17-12)9-14(20)18-4-6-22-7-5-18/h2-3,8H,4-7,9,16H2,1H3. The van der Waals surface area contributed by atoms with Crippen LogP contribution in [0, 0.1) is 6.92 Å². The number of thiophene rings is 1. The number of ether oxygens (including phenoxy) is 1. The van der Waals surface area contributed by atoms with E-state index in [1.807, 2.05) is 19.1 Å². The molecule has 8 heteroatoms. The third-order valence-corrected chi connectivity index (χ3v) is 4.67. The average molecular weight is 334 g/mol. The summed E-state index contributed by atoms with van der Waals surface area (Å²) in [5.41, 5.74) is 6.06. The lowest BCUT2D eigenvalue weighted by Gasteiger charge is -2.26. The Morgan fingerprint density at radius 2 is 2.13 bits per heavy atom. The second-order valence-electron chi connectivity index (χ2n) is 5.35. The van der Waals surface area contributed by atoms with Crippen molar-refractivity contribution >= 4 is 22.9 Å². The Labute approximate surface area is 137 Å². The SMILES string of the molecule is Cc1ccc(-c2cc(N)c(=O)n(CC(=O)N3CCOCC3)n2)s1. The zero-order valence-electron chi connectivity index (χ0n) is 12.8. The molecular formula is C15H18N4O3S. The summed E-state index contributed by atoms with van der Waals surface area (Å²) in [7, 11) is 0. The van der Waals surface area contributed by atoms with Gasteiger partial charge in [0.05, 0.1) is 18.1 Å². The Morgan fingerprint density at radius 1 is 1.39 bits per heavy atom. The van der Waals surface area contributed by atoms with Crippen LogP contribution in [0.2, 0.25) is 0 Å². The van der Waals surface area contributed by atoms with Gasteiger partial charge in [-0.1, -0.05) is 0 Å². The van der Waals surface area contributed by atoms with Crippen LogP contribution >= 0.6 is 11.3 Å². The van der Waals surface area contributed by atoms with Crippen LogP contribution in [0.5, 0.6) is 0 Å². The topological polar surface area (TPSA) is 90.5 Å². The van der Waals surface area contributed by atoms with Gasteiger partial charge in [0, 0.05) is 18.0 Å². The molecule has 0 aromatic carbocycles. The number of carbonyl (C=O) groups excluding carboxylic acids is 1. The van der Waals surface area contributed by atoms with Crippen molar-refractivity contribution in [3.05, 3.63) is 33.4 Å². The van der Waals surface area contributed by atoms with Crippen molar-refractivity contribution in [2.24, 2.45) is 0 Å². The number of morpholine rings is 1. The van der Waals surface area contributed by atoms with Gasteiger partial charge in [0.25, 0.3) is 5.56 Å². The van der Waals surface area contributed by atoms with E-state index in [9.17, 15) is 9.59 Å². The number of anilines is 1. The minimum atomic E-state index is -0.441. The molecule has 1 aliphatic heterocycles. The maximum Gasteiger partial charge on any atom is 0.290 e. The molecule has 0 bridgehead atoms. The van der Waals surface area contributed by atoms with Crippen LogP contribution in [0.1, 0.15) is 4.88 Å². The third kappa shape index (κ3) is 3.43. The number of carbonyl (C=O) groups is 1. The largest absolute Gasteiger partial charge is 0.394 e. The first kappa shape index (κ1) is 15.7. The van der Waals surface area contributed by atoms with Crippen LogP contribution in [0.25, 0.3) is 10.6 Å². The number of hydrogen-bond acceptors (Lipinski definition) is 6. The molecule has 2 aromatic rings. The van der Waals surface area contributed by atoms with Crippen molar-refractivity contribution in [3.63, 3.8) is 0 Å². The lowest BCUT2D eigenvalue weighted by Crippen LogP contribution is -2.44. The van der Waals surface area contributed by atoms with Crippen molar-refractivity contribution in [3.8, 4) is 10.6 Å². The monoisotopic (exact) mass is 334 g/mol. The van der Waals surface area contributed by atoms with Crippen LogP contribution in [-0.4, -0.2) is 46.9 Å². The van der Waals surface area contributed by atoms with Crippen LogP contribution in [-0.2, 0) is 16.1 Å². The fourth-order valence-electron chi connectivity index (χ4n) is 2.40.